The van der Waals surface area contributed by atoms with Crippen molar-refractivity contribution in [3.8, 4) is 11.4 Å². The summed E-state index contributed by atoms with van der Waals surface area (Å²) in [6.07, 6.45) is -4.46. The molecule has 0 unspecified atom stereocenters. The Labute approximate surface area is 182 Å². The van der Waals surface area contributed by atoms with Gasteiger partial charge in [-0.1, -0.05) is 17.7 Å². The van der Waals surface area contributed by atoms with E-state index in [2.05, 4.69) is 10.4 Å². The van der Waals surface area contributed by atoms with Gasteiger partial charge < -0.3 is 10.1 Å². The molecule has 0 radical (unpaired) electrons. The fraction of sp³-hybridized carbons (Fsp3) is 0.273. The van der Waals surface area contributed by atoms with Crippen molar-refractivity contribution < 1.29 is 22.7 Å². The van der Waals surface area contributed by atoms with Crippen molar-refractivity contribution in [2.45, 2.75) is 33.4 Å². The van der Waals surface area contributed by atoms with Crippen LogP contribution in [0.4, 0.5) is 18.9 Å². The molecule has 5 nitrogen and oxygen atoms in total. The van der Waals surface area contributed by atoms with Gasteiger partial charge in [0, 0.05) is 16.3 Å². The van der Waals surface area contributed by atoms with E-state index in [4.69, 9.17) is 16.3 Å². The van der Waals surface area contributed by atoms with Crippen molar-refractivity contribution in [3.05, 3.63) is 70.0 Å². The molecule has 31 heavy (non-hydrogen) atoms. The summed E-state index contributed by atoms with van der Waals surface area (Å²) >= 11 is 5.94. The van der Waals surface area contributed by atoms with Gasteiger partial charge in [0.05, 0.1) is 23.5 Å². The summed E-state index contributed by atoms with van der Waals surface area (Å²) in [7, 11) is 0. The molecular formula is C22H21ClF3N3O2. The molecule has 164 valence electrons. The van der Waals surface area contributed by atoms with Crippen molar-refractivity contribution in [1.29, 1.82) is 0 Å². The summed E-state index contributed by atoms with van der Waals surface area (Å²) < 4.78 is 44.2. The topological polar surface area (TPSA) is 56.2 Å². The first-order valence-corrected chi connectivity index (χ1v) is 9.82. The molecule has 2 aromatic carbocycles. The van der Waals surface area contributed by atoms with Gasteiger partial charge in [-0.3, -0.25) is 4.79 Å². The fourth-order valence-corrected chi connectivity index (χ4v) is 3.26. The Morgan fingerprint density at radius 3 is 2.45 bits per heavy atom. The number of hydrogen-bond donors (Lipinski definition) is 1. The summed E-state index contributed by atoms with van der Waals surface area (Å²) in [4.78, 5) is 12.7. The number of carbonyl (C=O) groups excluding carboxylic acids is 1. The Bertz CT molecular complexity index is 1090. The minimum atomic E-state index is -4.48. The molecule has 1 heterocycles. The largest absolute Gasteiger partial charge is 0.482 e. The van der Waals surface area contributed by atoms with E-state index < -0.39 is 12.8 Å². The molecule has 1 N–H and O–H groups in total. The number of carbonyl (C=O) groups is 1. The number of hydrogen-bond acceptors (Lipinski definition) is 3. The van der Waals surface area contributed by atoms with Crippen LogP contribution in [0.1, 0.15) is 22.5 Å². The average Bonchev–Trinajstić information content (AvgIpc) is 2.96. The first-order chi connectivity index (χ1) is 14.5. The molecule has 9 heteroatoms. The highest BCUT2D eigenvalue weighted by molar-refractivity contribution is 6.30. The van der Waals surface area contributed by atoms with Crippen LogP contribution < -0.4 is 10.1 Å². The molecule has 0 spiro atoms. The molecule has 0 aliphatic heterocycles. The number of rotatable bonds is 6. The molecule has 1 aromatic heterocycles. The SMILES string of the molecule is Cc1ccc(NC(=O)Cc2c(C)nn(-c3ccc(Cl)cc3)c2C)c(OCC(F)(F)F)c1. The Kier molecular flexibility index (Phi) is 6.59. The van der Waals surface area contributed by atoms with Crippen LogP contribution in [-0.2, 0) is 11.2 Å². The second-order valence-electron chi connectivity index (χ2n) is 7.17. The predicted octanol–water partition coefficient (Wildman–Crippen LogP) is 5.57. The molecule has 0 saturated carbocycles. The third-order valence-corrected chi connectivity index (χ3v) is 4.90. The van der Waals surface area contributed by atoms with E-state index in [1.807, 2.05) is 19.1 Å². The Balaban J connectivity index is 1.78. The Morgan fingerprint density at radius 2 is 1.81 bits per heavy atom. The number of anilines is 1. The van der Waals surface area contributed by atoms with E-state index in [-0.39, 0.29) is 23.8 Å². The van der Waals surface area contributed by atoms with Crippen molar-refractivity contribution in [3.63, 3.8) is 0 Å². The van der Waals surface area contributed by atoms with E-state index in [0.717, 1.165) is 16.9 Å². The van der Waals surface area contributed by atoms with Crippen LogP contribution in [0.5, 0.6) is 5.75 Å². The summed E-state index contributed by atoms with van der Waals surface area (Å²) in [6.45, 7) is 3.93. The first kappa shape index (κ1) is 22.7. The van der Waals surface area contributed by atoms with Crippen molar-refractivity contribution in [2.24, 2.45) is 0 Å². The molecule has 0 aliphatic rings. The van der Waals surface area contributed by atoms with Gasteiger partial charge in [0.25, 0.3) is 0 Å². The first-order valence-electron chi connectivity index (χ1n) is 9.44. The lowest BCUT2D eigenvalue weighted by Crippen LogP contribution is -2.21. The summed E-state index contributed by atoms with van der Waals surface area (Å²) in [5, 5.41) is 7.75. The maximum atomic E-state index is 12.7. The lowest BCUT2D eigenvalue weighted by molar-refractivity contribution is -0.153. The number of benzene rings is 2. The number of aryl methyl sites for hydroxylation is 2. The van der Waals surface area contributed by atoms with Gasteiger partial charge in [-0.25, -0.2) is 4.68 Å². The third-order valence-electron chi connectivity index (χ3n) is 4.65. The van der Waals surface area contributed by atoms with Gasteiger partial charge >= 0.3 is 6.18 Å². The van der Waals surface area contributed by atoms with Crippen LogP contribution in [-0.4, -0.2) is 28.5 Å². The number of amides is 1. The predicted molar refractivity (Wildman–Crippen MR) is 113 cm³/mol. The van der Waals surface area contributed by atoms with Gasteiger partial charge in [-0.05, 0) is 62.7 Å². The molecule has 0 fully saturated rings. The molecule has 3 rings (SSSR count). The Morgan fingerprint density at radius 1 is 1.13 bits per heavy atom. The molecule has 3 aromatic rings. The second-order valence-corrected chi connectivity index (χ2v) is 7.60. The minimum Gasteiger partial charge on any atom is -0.482 e. The quantitative estimate of drug-likeness (QED) is 0.532. The van der Waals surface area contributed by atoms with E-state index in [9.17, 15) is 18.0 Å². The highest BCUT2D eigenvalue weighted by Gasteiger charge is 2.29. The minimum absolute atomic E-state index is 0.0117. The maximum Gasteiger partial charge on any atom is 0.422 e. The average molecular weight is 452 g/mol. The van der Waals surface area contributed by atoms with Gasteiger partial charge in [0.1, 0.15) is 5.75 Å². The van der Waals surface area contributed by atoms with Gasteiger partial charge in [-0.2, -0.15) is 18.3 Å². The van der Waals surface area contributed by atoms with E-state index >= 15 is 0 Å². The van der Waals surface area contributed by atoms with Crippen LogP contribution in [0.25, 0.3) is 5.69 Å². The van der Waals surface area contributed by atoms with Crippen LogP contribution in [0, 0.1) is 20.8 Å². The van der Waals surface area contributed by atoms with Crippen molar-refractivity contribution in [1.82, 2.24) is 9.78 Å². The molecule has 1 amide bonds. The second kappa shape index (κ2) is 9.01. The third kappa shape index (κ3) is 5.79. The maximum absolute atomic E-state index is 12.7. The lowest BCUT2D eigenvalue weighted by atomic mass is 10.1. The van der Waals surface area contributed by atoms with Crippen LogP contribution in [0.3, 0.4) is 0 Å². The smallest absolute Gasteiger partial charge is 0.422 e. The van der Waals surface area contributed by atoms with Crippen molar-refractivity contribution >= 4 is 23.2 Å². The molecule has 0 atom stereocenters. The molecule has 0 aliphatic carbocycles. The van der Waals surface area contributed by atoms with E-state index in [0.29, 0.717) is 16.3 Å². The van der Waals surface area contributed by atoms with Gasteiger partial charge in [0.15, 0.2) is 6.61 Å². The van der Waals surface area contributed by atoms with Crippen LogP contribution >= 0.6 is 11.6 Å². The summed E-state index contributed by atoms with van der Waals surface area (Å²) in [6, 6.07) is 11.8. The molecule has 0 bridgehead atoms. The number of aromatic nitrogens is 2. The number of nitrogens with one attached hydrogen (secondary N) is 1. The zero-order chi connectivity index (χ0) is 22.8. The number of ether oxygens (including phenoxy) is 1. The molecule has 0 saturated heterocycles. The standard InChI is InChI=1S/C22H21ClF3N3O2/c1-13-4-9-19(20(10-13)31-12-22(24,25)26)27-21(30)11-18-14(2)28-29(15(18)3)17-7-5-16(23)6-8-17/h4-10H,11-12H2,1-3H3,(H,27,30). The Hall–Kier alpha value is -3.00. The van der Waals surface area contributed by atoms with E-state index in [1.54, 1.807) is 36.7 Å². The van der Waals surface area contributed by atoms with Gasteiger partial charge in [-0.15, -0.1) is 0 Å². The van der Waals surface area contributed by atoms with Crippen LogP contribution in [0.2, 0.25) is 5.02 Å². The highest BCUT2D eigenvalue weighted by atomic mass is 35.5. The summed E-state index contributed by atoms with van der Waals surface area (Å²) in [5.74, 6) is -0.418. The normalized spacial score (nSPS) is 11.5. The van der Waals surface area contributed by atoms with E-state index in [1.165, 1.54) is 12.1 Å². The van der Waals surface area contributed by atoms with Gasteiger partial charge in [0.2, 0.25) is 5.91 Å². The molecular weight excluding hydrogens is 431 g/mol. The zero-order valence-corrected chi connectivity index (χ0v) is 17.9. The van der Waals surface area contributed by atoms with Crippen molar-refractivity contribution in [2.75, 3.05) is 11.9 Å². The lowest BCUT2D eigenvalue weighted by Gasteiger charge is -2.15. The zero-order valence-electron chi connectivity index (χ0n) is 17.2. The number of halogens is 4. The number of alkyl halides is 3. The fourth-order valence-electron chi connectivity index (χ4n) is 3.13. The van der Waals surface area contributed by atoms with Crippen LogP contribution in [0.15, 0.2) is 42.5 Å². The monoisotopic (exact) mass is 451 g/mol. The summed E-state index contributed by atoms with van der Waals surface area (Å²) in [5.41, 5.74) is 3.90. The highest BCUT2D eigenvalue weighted by Crippen LogP contribution is 2.28. The number of nitrogens with zero attached hydrogens (tertiary/aromatic N) is 2.